The van der Waals surface area contributed by atoms with Gasteiger partial charge in [-0.25, -0.2) is 5.48 Å². The Morgan fingerprint density at radius 1 is 1.23 bits per heavy atom. The summed E-state index contributed by atoms with van der Waals surface area (Å²) in [4.78, 5) is 13.5. The Morgan fingerprint density at radius 3 is 2.15 bits per heavy atom. The monoisotopic (exact) mass is 438 g/mol. The van der Waals surface area contributed by atoms with Crippen molar-refractivity contribution in [2.24, 2.45) is 5.41 Å². The van der Waals surface area contributed by atoms with E-state index >= 15 is 0 Å². The molecule has 26 heavy (non-hydrogen) atoms. The summed E-state index contributed by atoms with van der Waals surface area (Å²) >= 11 is 0. The molecule has 2 N–H and O–H groups in total. The van der Waals surface area contributed by atoms with Crippen LogP contribution in [0, 0.1) is 12.8 Å². The number of nitrogens with one attached hydrogen (secondary N) is 1. The first-order chi connectivity index (χ1) is 11.3. The second-order valence-electron chi connectivity index (χ2n) is 6.69. The fraction of sp³-hybridized carbons (Fsp3) is 0.524. The molecule has 1 radical (unpaired) electrons. The van der Waals surface area contributed by atoms with Gasteiger partial charge in [0.1, 0.15) is 0 Å². The molecule has 1 amide bonds. The Morgan fingerprint density at radius 2 is 1.73 bits per heavy atom. The Kier molecular flexibility index (Phi) is 18.0. The van der Waals surface area contributed by atoms with Gasteiger partial charge in [-0.15, -0.1) is 0 Å². The second kappa shape index (κ2) is 15.5. The molecule has 5 heteroatoms. The number of rotatable bonds is 7. The van der Waals surface area contributed by atoms with Crippen LogP contribution in [0.15, 0.2) is 30.3 Å². The van der Waals surface area contributed by atoms with Crippen molar-refractivity contribution in [2.45, 2.75) is 54.5 Å². The third-order valence-electron chi connectivity index (χ3n) is 3.97. The summed E-state index contributed by atoms with van der Waals surface area (Å²) in [5, 5.41) is 8.54. The third-order valence-corrected chi connectivity index (χ3v) is 3.97. The fourth-order valence-corrected chi connectivity index (χ4v) is 2.40. The first-order valence-corrected chi connectivity index (χ1v) is 8.67. The van der Waals surface area contributed by atoms with Gasteiger partial charge in [-0.3, -0.25) is 10.0 Å². The molecule has 0 bridgehead atoms. The predicted octanol–water partition coefficient (Wildman–Crippen LogP) is 4.94. The van der Waals surface area contributed by atoms with Gasteiger partial charge in [-0.05, 0) is 42.5 Å². The van der Waals surface area contributed by atoms with Crippen LogP contribution in [-0.4, -0.2) is 29.6 Å². The molecule has 147 valence electrons. The Hall–Kier alpha value is -0.546. The minimum atomic E-state index is -0.511. The fourth-order valence-electron chi connectivity index (χ4n) is 2.40. The van der Waals surface area contributed by atoms with Gasteiger partial charge < -0.3 is 12.3 Å². The molecular weight excluding hydrogens is 401 g/mol. The van der Waals surface area contributed by atoms with E-state index in [0.29, 0.717) is 5.41 Å². The second-order valence-corrected chi connectivity index (χ2v) is 6.69. The number of amides is 1. The molecular formula is C21H37N2O2Y-. The van der Waals surface area contributed by atoms with Gasteiger partial charge in [0, 0.05) is 51.9 Å². The maximum atomic E-state index is 11.1. The third kappa shape index (κ3) is 12.0. The van der Waals surface area contributed by atoms with Gasteiger partial charge in [0.05, 0.1) is 0 Å². The number of hydrogen-bond acceptors (Lipinski definition) is 3. The van der Waals surface area contributed by atoms with Crippen molar-refractivity contribution in [2.75, 3.05) is 13.6 Å². The number of carbonyl (C=O) groups excluding carboxylic acids is 1. The quantitative estimate of drug-likeness (QED) is 0.275. The van der Waals surface area contributed by atoms with Gasteiger partial charge in [0.15, 0.2) is 0 Å². The van der Waals surface area contributed by atoms with Crippen LogP contribution in [0.2, 0.25) is 0 Å². The Balaban J connectivity index is -0.00000127. The Labute approximate surface area is 186 Å². The first-order valence-electron chi connectivity index (χ1n) is 8.67. The molecule has 0 aromatic heterocycles. The van der Waals surface area contributed by atoms with Crippen molar-refractivity contribution in [1.29, 1.82) is 0 Å². The SMILES string of the molecule is CC.CCC(C)(C)CN(C)Cc1ccc(/C(C)=C/C(=O)NO)cc1.[CH3-].[Y]. The Bertz CT molecular complexity index is 525. The van der Waals surface area contributed by atoms with Crippen molar-refractivity contribution >= 4 is 11.5 Å². The zero-order valence-corrected chi connectivity index (χ0v) is 20.7. The van der Waals surface area contributed by atoms with Crippen LogP contribution in [0.1, 0.15) is 59.1 Å². The normalized spacial score (nSPS) is 10.9. The zero-order chi connectivity index (χ0) is 18.8. The van der Waals surface area contributed by atoms with Crippen molar-refractivity contribution in [3.05, 3.63) is 48.9 Å². The summed E-state index contributed by atoms with van der Waals surface area (Å²) in [6.07, 6.45) is 2.54. The summed E-state index contributed by atoms with van der Waals surface area (Å²) in [6, 6.07) is 8.17. The predicted molar refractivity (Wildman–Crippen MR) is 108 cm³/mol. The molecule has 0 saturated heterocycles. The largest absolute Gasteiger partial charge is 0.358 e. The zero-order valence-electron chi connectivity index (χ0n) is 17.9. The van der Waals surface area contributed by atoms with Crippen LogP contribution in [0.4, 0.5) is 0 Å². The molecule has 1 aromatic rings. The van der Waals surface area contributed by atoms with Gasteiger partial charge in [0.2, 0.25) is 0 Å². The van der Waals surface area contributed by atoms with Crippen LogP contribution in [0.5, 0.6) is 0 Å². The number of nitrogens with zero attached hydrogens (tertiary/aromatic N) is 1. The van der Waals surface area contributed by atoms with Crippen molar-refractivity contribution in [3.8, 4) is 0 Å². The van der Waals surface area contributed by atoms with Crippen molar-refractivity contribution < 1.29 is 42.7 Å². The number of carbonyl (C=O) groups is 1. The van der Waals surface area contributed by atoms with Crippen LogP contribution in [-0.2, 0) is 44.0 Å². The molecule has 0 aliphatic heterocycles. The van der Waals surface area contributed by atoms with E-state index in [2.05, 4.69) is 44.9 Å². The minimum absolute atomic E-state index is 0. The average molecular weight is 438 g/mol. The summed E-state index contributed by atoms with van der Waals surface area (Å²) in [5.41, 5.74) is 4.98. The number of allylic oxidation sites excluding steroid dienone is 1. The molecule has 0 aliphatic rings. The van der Waals surface area contributed by atoms with E-state index in [0.717, 1.165) is 30.6 Å². The van der Waals surface area contributed by atoms with Crippen molar-refractivity contribution in [1.82, 2.24) is 10.4 Å². The molecule has 1 rings (SSSR count). The van der Waals surface area contributed by atoms with Gasteiger partial charge in [-0.1, -0.05) is 58.9 Å². The topological polar surface area (TPSA) is 52.6 Å². The van der Waals surface area contributed by atoms with E-state index in [4.69, 9.17) is 5.21 Å². The van der Waals surface area contributed by atoms with Crippen LogP contribution >= 0.6 is 0 Å². The molecule has 1 aromatic carbocycles. The molecule has 0 fully saturated rings. The van der Waals surface area contributed by atoms with Crippen LogP contribution < -0.4 is 5.48 Å². The standard InChI is InChI=1S/C18H28N2O2.C2H6.CH3.Y/c1-6-18(3,4)13-20(5)12-15-7-9-16(10-8-15)14(2)11-17(21)19-22;1-2;;/h7-11,22H,6,12-13H2,1-5H3,(H,19,21);1-2H3;1H3;/q;;-1;/b14-11+;;;. The summed E-state index contributed by atoms with van der Waals surface area (Å²) in [5.74, 6) is -0.511. The molecule has 0 aliphatic carbocycles. The van der Waals surface area contributed by atoms with Crippen molar-refractivity contribution in [3.63, 3.8) is 0 Å². The van der Waals surface area contributed by atoms with E-state index < -0.39 is 5.91 Å². The molecule has 0 unspecified atom stereocenters. The first kappa shape index (κ1) is 30.2. The molecule has 0 atom stereocenters. The maximum Gasteiger partial charge on any atom is 0.267 e. The molecule has 0 spiro atoms. The van der Waals surface area contributed by atoms with E-state index in [1.807, 2.05) is 32.9 Å². The maximum absolute atomic E-state index is 11.1. The summed E-state index contributed by atoms with van der Waals surface area (Å²) < 4.78 is 0. The molecule has 0 heterocycles. The van der Waals surface area contributed by atoms with E-state index in [1.54, 1.807) is 5.48 Å². The van der Waals surface area contributed by atoms with E-state index in [1.165, 1.54) is 11.6 Å². The van der Waals surface area contributed by atoms with Gasteiger partial charge in [-0.2, -0.15) is 0 Å². The van der Waals surface area contributed by atoms with Gasteiger partial charge in [0.25, 0.3) is 5.91 Å². The summed E-state index contributed by atoms with van der Waals surface area (Å²) in [7, 11) is 2.14. The number of hydroxylamine groups is 1. The minimum Gasteiger partial charge on any atom is -0.358 e. The molecule has 0 saturated carbocycles. The number of hydrogen-bond donors (Lipinski definition) is 2. The molecule has 4 nitrogen and oxygen atoms in total. The van der Waals surface area contributed by atoms with Crippen LogP contribution in [0.3, 0.4) is 0 Å². The average Bonchev–Trinajstić information content (AvgIpc) is 2.56. The van der Waals surface area contributed by atoms with E-state index in [9.17, 15) is 4.79 Å². The van der Waals surface area contributed by atoms with Crippen LogP contribution in [0.25, 0.3) is 5.57 Å². The summed E-state index contributed by atoms with van der Waals surface area (Å²) in [6.45, 7) is 14.6. The number of benzene rings is 1. The van der Waals surface area contributed by atoms with E-state index in [-0.39, 0.29) is 40.1 Å². The smallest absolute Gasteiger partial charge is 0.267 e. The van der Waals surface area contributed by atoms with Gasteiger partial charge >= 0.3 is 0 Å².